The number of rotatable bonds is 4. The molecule has 1 atom stereocenters. The Kier molecular flexibility index (Phi) is 4.90. The molecule has 4 nitrogen and oxygen atoms in total. The molecule has 14 heavy (non-hydrogen) atoms. The molecule has 1 amide bonds. The third-order valence-electron chi connectivity index (χ3n) is 2.61. The molecule has 0 saturated carbocycles. The molecule has 0 spiro atoms. The standard InChI is InChI=1S/C10H21N3O/c1-9-8-13(7-5-12-9)6-3-4-10(14)11-2/h9,12H,3-8H2,1-2H3,(H,11,14)/t9-/m1/s1. The molecule has 4 heteroatoms. The van der Waals surface area contributed by atoms with E-state index >= 15 is 0 Å². The van der Waals surface area contributed by atoms with Crippen LogP contribution in [-0.4, -0.2) is 50.1 Å². The van der Waals surface area contributed by atoms with Gasteiger partial charge in [-0.05, 0) is 19.9 Å². The van der Waals surface area contributed by atoms with Crippen LogP contribution in [0.4, 0.5) is 0 Å². The van der Waals surface area contributed by atoms with Crippen LogP contribution >= 0.6 is 0 Å². The molecule has 0 aliphatic carbocycles. The van der Waals surface area contributed by atoms with Gasteiger partial charge < -0.3 is 15.5 Å². The van der Waals surface area contributed by atoms with E-state index in [1.165, 1.54) is 0 Å². The summed E-state index contributed by atoms with van der Waals surface area (Å²) < 4.78 is 0. The molecule has 82 valence electrons. The maximum Gasteiger partial charge on any atom is 0.219 e. The van der Waals surface area contributed by atoms with Gasteiger partial charge in [0.2, 0.25) is 5.91 Å². The zero-order valence-corrected chi connectivity index (χ0v) is 9.18. The van der Waals surface area contributed by atoms with Crippen LogP contribution in [0.25, 0.3) is 0 Å². The van der Waals surface area contributed by atoms with Crippen molar-refractivity contribution < 1.29 is 4.79 Å². The fourth-order valence-corrected chi connectivity index (χ4v) is 1.80. The smallest absolute Gasteiger partial charge is 0.219 e. The molecule has 0 aromatic heterocycles. The summed E-state index contributed by atoms with van der Waals surface area (Å²) in [5, 5.41) is 6.04. The number of carbonyl (C=O) groups excluding carboxylic acids is 1. The summed E-state index contributed by atoms with van der Waals surface area (Å²) in [5.74, 6) is 0.146. The molecule has 0 radical (unpaired) electrons. The summed E-state index contributed by atoms with van der Waals surface area (Å²) in [6.07, 6.45) is 1.61. The second-order valence-corrected chi connectivity index (χ2v) is 3.93. The van der Waals surface area contributed by atoms with Gasteiger partial charge in [0.05, 0.1) is 0 Å². The van der Waals surface area contributed by atoms with Gasteiger partial charge in [-0.2, -0.15) is 0 Å². The first-order valence-corrected chi connectivity index (χ1v) is 5.38. The van der Waals surface area contributed by atoms with E-state index in [4.69, 9.17) is 0 Å². The zero-order valence-electron chi connectivity index (χ0n) is 9.18. The van der Waals surface area contributed by atoms with Crippen LogP contribution in [0, 0.1) is 0 Å². The lowest BCUT2D eigenvalue weighted by Crippen LogP contribution is -2.49. The van der Waals surface area contributed by atoms with E-state index in [-0.39, 0.29) is 5.91 Å². The normalized spacial score (nSPS) is 23.4. The van der Waals surface area contributed by atoms with Crippen LogP contribution in [-0.2, 0) is 4.79 Å². The molecule has 2 N–H and O–H groups in total. The number of hydrogen-bond acceptors (Lipinski definition) is 3. The lowest BCUT2D eigenvalue weighted by molar-refractivity contribution is -0.120. The fourth-order valence-electron chi connectivity index (χ4n) is 1.80. The van der Waals surface area contributed by atoms with Crippen molar-refractivity contribution in [3.8, 4) is 0 Å². The first-order valence-electron chi connectivity index (χ1n) is 5.38. The summed E-state index contributed by atoms with van der Waals surface area (Å²) in [5.41, 5.74) is 0. The first-order chi connectivity index (χ1) is 6.72. The number of nitrogens with zero attached hydrogens (tertiary/aromatic N) is 1. The molecule has 0 aromatic rings. The average molecular weight is 199 g/mol. The van der Waals surface area contributed by atoms with Crippen LogP contribution < -0.4 is 10.6 Å². The summed E-state index contributed by atoms with van der Waals surface area (Å²) in [6, 6.07) is 0.587. The van der Waals surface area contributed by atoms with Crippen molar-refractivity contribution in [2.24, 2.45) is 0 Å². The molecule has 1 saturated heterocycles. The number of carbonyl (C=O) groups is 1. The van der Waals surface area contributed by atoms with Gasteiger partial charge in [-0.3, -0.25) is 4.79 Å². The largest absolute Gasteiger partial charge is 0.359 e. The van der Waals surface area contributed by atoms with Gasteiger partial charge in [0.25, 0.3) is 0 Å². The van der Waals surface area contributed by atoms with Crippen LogP contribution in [0.2, 0.25) is 0 Å². The Hall–Kier alpha value is -0.610. The van der Waals surface area contributed by atoms with E-state index < -0.39 is 0 Å². The molecule has 1 fully saturated rings. The van der Waals surface area contributed by atoms with Gasteiger partial charge in [0, 0.05) is 39.1 Å². The quantitative estimate of drug-likeness (QED) is 0.659. The highest BCUT2D eigenvalue weighted by Crippen LogP contribution is 2.01. The van der Waals surface area contributed by atoms with E-state index in [0.29, 0.717) is 12.5 Å². The molecular weight excluding hydrogens is 178 g/mol. The van der Waals surface area contributed by atoms with Crippen molar-refractivity contribution in [1.82, 2.24) is 15.5 Å². The van der Waals surface area contributed by atoms with Gasteiger partial charge in [-0.15, -0.1) is 0 Å². The summed E-state index contributed by atoms with van der Waals surface area (Å²) >= 11 is 0. The Labute approximate surface area is 86.0 Å². The maximum absolute atomic E-state index is 11.0. The van der Waals surface area contributed by atoms with Gasteiger partial charge in [-0.1, -0.05) is 0 Å². The first kappa shape index (κ1) is 11.5. The molecule has 0 bridgehead atoms. The van der Waals surface area contributed by atoms with Gasteiger partial charge in [-0.25, -0.2) is 0 Å². The van der Waals surface area contributed by atoms with Crippen molar-refractivity contribution >= 4 is 5.91 Å². The predicted octanol–water partition coefficient (Wildman–Crippen LogP) is -0.194. The Bertz CT molecular complexity index is 184. The topological polar surface area (TPSA) is 44.4 Å². The highest BCUT2D eigenvalue weighted by Gasteiger charge is 2.14. The van der Waals surface area contributed by atoms with Crippen molar-refractivity contribution in [3.05, 3.63) is 0 Å². The Morgan fingerprint density at radius 3 is 3.07 bits per heavy atom. The molecular formula is C10H21N3O. The average Bonchev–Trinajstić information content (AvgIpc) is 2.17. The minimum Gasteiger partial charge on any atom is -0.359 e. The number of nitrogens with one attached hydrogen (secondary N) is 2. The van der Waals surface area contributed by atoms with Gasteiger partial charge >= 0.3 is 0 Å². The highest BCUT2D eigenvalue weighted by molar-refractivity contribution is 5.75. The Balaban J connectivity index is 2.08. The van der Waals surface area contributed by atoms with Crippen LogP contribution in [0.5, 0.6) is 0 Å². The molecule has 0 aromatic carbocycles. The highest BCUT2D eigenvalue weighted by atomic mass is 16.1. The molecule has 1 heterocycles. The van der Waals surface area contributed by atoms with Crippen LogP contribution in [0.3, 0.4) is 0 Å². The van der Waals surface area contributed by atoms with Gasteiger partial charge in [0.1, 0.15) is 0 Å². The van der Waals surface area contributed by atoms with Crippen LogP contribution in [0.1, 0.15) is 19.8 Å². The Morgan fingerprint density at radius 1 is 1.64 bits per heavy atom. The van der Waals surface area contributed by atoms with E-state index in [9.17, 15) is 4.79 Å². The van der Waals surface area contributed by atoms with E-state index in [1.807, 2.05) is 0 Å². The van der Waals surface area contributed by atoms with Crippen LogP contribution in [0.15, 0.2) is 0 Å². The van der Waals surface area contributed by atoms with Crippen molar-refractivity contribution in [3.63, 3.8) is 0 Å². The second-order valence-electron chi connectivity index (χ2n) is 3.93. The minimum absolute atomic E-state index is 0.146. The van der Waals surface area contributed by atoms with Crippen molar-refractivity contribution in [2.75, 3.05) is 33.2 Å². The fraction of sp³-hybridized carbons (Fsp3) is 0.900. The summed E-state index contributed by atoms with van der Waals surface area (Å²) in [4.78, 5) is 13.4. The molecule has 1 aliphatic heterocycles. The number of amides is 1. The second kappa shape index (κ2) is 5.98. The molecule has 1 rings (SSSR count). The van der Waals surface area contributed by atoms with E-state index in [0.717, 1.165) is 32.6 Å². The maximum atomic E-state index is 11.0. The lowest BCUT2D eigenvalue weighted by atomic mass is 10.2. The minimum atomic E-state index is 0.146. The van der Waals surface area contributed by atoms with E-state index in [1.54, 1.807) is 7.05 Å². The Morgan fingerprint density at radius 2 is 2.43 bits per heavy atom. The van der Waals surface area contributed by atoms with E-state index in [2.05, 4.69) is 22.5 Å². The number of piperazine rings is 1. The van der Waals surface area contributed by atoms with Crippen molar-refractivity contribution in [1.29, 1.82) is 0 Å². The van der Waals surface area contributed by atoms with Gasteiger partial charge in [0.15, 0.2) is 0 Å². The van der Waals surface area contributed by atoms with Crippen molar-refractivity contribution in [2.45, 2.75) is 25.8 Å². The number of hydrogen-bond donors (Lipinski definition) is 2. The third kappa shape index (κ3) is 4.07. The summed E-state index contributed by atoms with van der Waals surface area (Å²) in [6.45, 7) is 6.53. The predicted molar refractivity (Wildman–Crippen MR) is 57.2 cm³/mol. The third-order valence-corrected chi connectivity index (χ3v) is 2.61. The lowest BCUT2D eigenvalue weighted by Gasteiger charge is -2.31. The molecule has 0 unspecified atom stereocenters. The summed E-state index contributed by atoms with van der Waals surface area (Å²) in [7, 11) is 1.69. The zero-order chi connectivity index (χ0) is 10.4. The SMILES string of the molecule is CNC(=O)CCCN1CCN[C@H](C)C1. The molecule has 1 aliphatic rings. The monoisotopic (exact) mass is 199 g/mol.